The smallest absolute Gasteiger partial charge is 0.171 e. The maximum absolute atomic E-state index is 2.52. The number of benzene rings is 8. The second-order valence-corrected chi connectivity index (χ2v) is 28.3. The fourth-order valence-corrected chi connectivity index (χ4v) is 19.5. The van der Waals surface area contributed by atoms with Gasteiger partial charge in [-0.2, -0.15) is 56.6 Å². The summed E-state index contributed by atoms with van der Waals surface area (Å²) in [7, 11) is -2.76. The third kappa shape index (κ3) is 12.5. The van der Waals surface area contributed by atoms with Crippen LogP contribution in [0, 0.1) is 0 Å². The van der Waals surface area contributed by atoms with Gasteiger partial charge in [0.05, 0.1) is 0 Å². The Balaban J connectivity index is 0.000000188. The van der Waals surface area contributed by atoms with Crippen LogP contribution in [0.4, 0.5) is 0 Å². The monoisotopic (exact) mass is 1030 g/mol. The SMILES string of the molecule is CC(C)(C)[c-]1cc(P(c2ccccc2)c2ccccc2)c(P(c2ccccc2)c2ccccc2)c1.CC(C)(C)[c-]1cc(P(c2ccccc2)c2ccccc2)c(P(c2ccccc2)c2ccccc2)c1.[Fe+2]. The van der Waals surface area contributed by atoms with Crippen LogP contribution in [0.15, 0.2) is 267 Å². The van der Waals surface area contributed by atoms with Crippen LogP contribution in [0.1, 0.15) is 52.7 Å². The number of hydrogen-bond donors (Lipinski definition) is 0. The fourth-order valence-electron chi connectivity index (χ4n) is 8.88. The topological polar surface area (TPSA) is 0 Å². The van der Waals surface area contributed by atoms with Crippen LogP contribution in [0.3, 0.4) is 0 Å². The normalized spacial score (nSPS) is 11.6. The van der Waals surface area contributed by atoms with Crippen LogP contribution in [0.2, 0.25) is 0 Å². The van der Waals surface area contributed by atoms with Crippen molar-refractivity contribution in [3.8, 4) is 0 Å². The largest absolute Gasteiger partial charge is 2.00 e. The Morgan fingerprint density at radius 1 is 0.225 bits per heavy atom. The first-order chi connectivity index (χ1) is 34.0. The van der Waals surface area contributed by atoms with E-state index in [9.17, 15) is 0 Å². The first kappa shape index (κ1) is 52.0. The average molecular weight is 1030 g/mol. The molecule has 10 aromatic rings. The minimum Gasteiger partial charge on any atom is -0.171 e. The minimum absolute atomic E-state index is 0. The molecule has 0 saturated heterocycles. The minimum atomic E-state index is -0.690. The molecule has 0 radical (unpaired) electrons. The van der Waals surface area contributed by atoms with Crippen LogP contribution in [0.25, 0.3) is 0 Å². The first-order valence-corrected chi connectivity index (χ1v) is 29.6. The molecule has 0 aromatic heterocycles. The summed E-state index contributed by atoms with van der Waals surface area (Å²) in [6, 6.07) is 98.8. The Hall–Kier alpha value is -5.30. The molecule has 10 aromatic carbocycles. The third-order valence-corrected chi connectivity index (χ3v) is 22.8. The van der Waals surface area contributed by atoms with E-state index < -0.39 is 31.7 Å². The van der Waals surface area contributed by atoms with Gasteiger partial charge in [0.1, 0.15) is 0 Å². The van der Waals surface area contributed by atoms with Gasteiger partial charge in [0.25, 0.3) is 0 Å². The Morgan fingerprint density at radius 3 is 0.465 bits per heavy atom. The molecular weight excluding hydrogens is 972 g/mol. The summed E-state index contributed by atoms with van der Waals surface area (Å²) in [5, 5.41) is 17.1. The summed E-state index contributed by atoms with van der Waals surface area (Å²) < 4.78 is 0. The van der Waals surface area contributed by atoms with E-state index in [-0.39, 0.29) is 27.9 Å². The van der Waals surface area contributed by atoms with Gasteiger partial charge in [-0.05, 0) is 42.4 Å². The van der Waals surface area contributed by atoms with Crippen molar-refractivity contribution in [2.75, 3.05) is 0 Å². The number of hydrogen-bond acceptors (Lipinski definition) is 0. The summed E-state index contributed by atoms with van der Waals surface area (Å²) in [5.74, 6) is 0. The van der Waals surface area contributed by atoms with E-state index in [0.29, 0.717) is 0 Å². The van der Waals surface area contributed by atoms with E-state index in [1.54, 1.807) is 0 Å². The predicted octanol–water partition coefficient (Wildman–Crippen LogP) is 12.4. The summed E-state index contributed by atoms with van der Waals surface area (Å²) in [6.07, 6.45) is 0. The van der Waals surface area contributed by atoms with Crippen molar-refractivity contribution < 1.29 is 17.1 Å². The van der Waals surface area contributed by atoms with Crippen molar-refractivity contribution in [3.63, 3.8) is 0 Å². The van der Waals surface area contributed by atoms with Crippen molar-refractivity contribution in [2.24, 2.45) is 0 Å². The predicted molar refractivity (Wildman–Crippen MR) is 316 cm³/mol. The summed E-state index contributed by atoms with van der Waals surface area (Å²) in [5.41, 5.74) is 2.99. The Bertz CT molecular complexity index is 2560. The molecule has 0 heterocycles. The fraction of sp³-hybridized carbons (Fsp3) is 0.121. The molecule has 0 atom stereocenters. The van der Waals surface area contributed by atoms with Crippen molar-refractivity contribution in [1.82, 2.24) is 0 Å². The molecule has 354 valence electrons. The van der Waals surface area contributed by atoms with Gasteiger partial charge in [0.15, 0.2) is 0 Å². The zero-order chi connectivity index (χ0) is 48.5. The molecule has 0 N–H and O–H groups in total. The summed E-state index contributed by atoms with van der Waals surface area (Å²) >= 11 is 0. The molecule has 0 aliphatic rings. The molecule has 5 heteroatoms. The van der Waals surface area contributed by atoms with Gasteiger partial charge in [-0.3, -0.25) is 0 Å². The Labute approximate surface area is 439 Å². The summed E-state index contributed by atoms with van der Waals surface area (Å²) in [6.45, 7) is 14.0. The van der Waals surface area contributed by atoms with Crippen LogP contribution < -0.4 is 63.7 Å². The molecular formula is C66H62FeP4. The number of rotatable bonds is 12. The quantitative estimate of drug-likeness (QED) is 0.0650. The van der Waals surface area contributed by atoms with Gasteiger partial charge in [-0.25, -0.2) is 0 Å². The maximum atomic E-state index is 2.52. The molecule has 10 rings (SSSR count). The van der Waals surface area contributed by atoms with E-state index in [1.165, 1.54) is 74.8 Å². The first-order valence-electron chi connectivity index (χ1n) is 24.3. The van der Waals surface area contributed by atoms with E-state index in [1.807, 2.05) is 0 Å². The van der Waals surface area contributed by atoms with Crippen LogP contribution in [-0.4, -0.2) is 0 Å². The molecule has 0 aliphatic heterocycles. The van der Waals surface area contributed by atoms with Crippen LogP contribution in [0.5, 0.6) is 0 Å². The Kier molecular flexibility index (Phi) is 17.6. The molecule has 0 fully saturated rings. The van der Waals surface area contributed by atoms with E-state index in [4.69, 9.17) is 0 Å². The zero-order valence-electron chi connectivity index (χ0n) is 41.5. The van der Waals surface area contributed by atoms with Crippen LogP contribution in [-0.2, 0) is 27.9 Å². The van der Waals surface area contributed by atoms with Gasteiger partial charge in [0.2, 0.25) is 0 Å². The van der Waals surface area contributed by atoms with Crippen molar-refractivity contribution in [2.45, 2.75) is 52.4 Å². The maximum Gasteiger partial charge on any atom is 2.00 e. The second kappa shape index (κ2) is 23.9. The van der Waals surface area contributed by atoms with Crippen molar-refractivity contribution >= 4 is 95.3 Å². The molecule has 0 bridgehead atoms. The third-order valence-electron chi connectivity index (χ3n) is 12.5. The van der Waals surface area contributed by atoms with Gasteiger partial charge < -0.3 is 0 Å². The van der Waals surface area contributed by atoms with Gasteiger partial charge in [-0.1, -0.05) is 327 Å². The van der Waals surface area contributed by atoms with Gasteiger partial charge in [-0.15, -0.1) is 0 Å². The zero-order valence-corrected chi connectivity index (χ0v) is 46.2. The van der Waals surface area contributed by atoms with Crippen LogP contribution >= 0.6 is 31.7 Å². The van der Waals surface area contributed by atoms with Crippen molar-refractivity contribution in [3.05, 3.63) is 278 Å². The van der Waals surface area contributed by atoms with E-state index in [2.05, 4.69) is 308 Å². The average Bonchev–Trinajstić information content (AvgIpc) is 4.04. The standard InChI is InChI=1S/2C33H31P2.Fe/c2*1-33(2,3)26-24-31(34(27-16-8-4-9-17-27)28-18-10-5-11-19-28)32(25-26)35(29-20-12-6-13-21-29)30-22-14-7-15-23-30;/h2*4-25H,1-3H3;/q2*-1;+2. The van der Waals surface area contributed by atoms with Crippen molar-refractivity contribution in [1.29, 1.82) is 0 Å². The van der Waals surface area contributed by atoms with Gasteiger partial charge >= 0.3 is 17.1 Å². The molecule has 0 saturated carbocycles. The molecule has 0 spiro atoms. The van der Waals surface area contributed by atoms with E-state index in [0.717, 1.165) is 0 Å². The summed E-state index contributed by atoms with van der Waals surface area (Å²) in [4.78, 5) is 0. The molecule has 0 amide bonds. The second-order valence-electron chi connectivity index (χ2n) is 19.6. The molecule has 0 nitrogen and oxygen atoms in total. The molecule has 0 aliphatic carbocycles. The van der Waals surface area contributed by atoms with Gasteiger partial charge in [0, 0.05) is 0 Å². The molecule has 71 heavy (non-hydrogen) atoms. The Morgan fingerprint density at radius 2 is 0.352 bits per heavy atom. The molecule has 0 unspecified atom stereocenters. The van der Waals surface area contributed by atoms with E-state index >= 15 is 0 Å².